The summed E-state index contributed by atoms with van der Waals surface area (Å²) in [6.07, 6.45) is 15.1. The molecule has 6 aromatic carbocycles. The molecule has 3 N–H and O–H groups in total. The van der Waals surface area contributed by atoms with Crippen LogP contribution in [0.15, 0.2) is 134 Å². The van der Waals surface area contributed by atoms with Gasteiger partial charge in [-0.1, -0.05) is 50.3 Å². The number of aliphatic hydroxyl groups is 1. The van der Waals surface area contributed by atoms with Crippen molar-refractivity contribution in [3.05, 3.63) is 180 Å². The van der Waals surface area contributed by atoms with Crippen LogP contribution in [0.5, 0.6) is 17.2 Å². The Bertz CT molecular complexity index is 5140. The highest BCUT2D eigenvalue weighted by Crippen LogP contribution is 2.50. The van der Waals surface area contributed by atoms with Crippen LogP contribution in [0.3, 0.4) is 0 Å². The van der Waals surface area contributed by atoms with Crippen LogP contribution in [0.1, 0.15) is 100 Å². The fourth-order valence-electron chi connectivity index (χ4n) is 16.2. The number of hydrogen-bond acceptors (Lipinski definition) is 17. The number of Topliss-reactive ketones (excluding diaryl/α,β-unsaturated/α-hetero) is 2. The first-order valence-electron chi connectivity index (χ1n) is 36.6. The summed E-state index contributed by atoms with van der Waals surface area (Å²) in [7, 11) is 1.59. The number of nitrogens with zero attached hydrogens (tertiary/aromatic N) is 11. The molecule has 0 bridgehead atoms. The summed E-state index contributed by atoms with van der Waals surface area (Å²) in [5, 5.41) is 31.1. The molecule has 1 amide bonds. The number of fused-ring (bicyclic) bond motifs is 4. The number of pyridine rings is 1. The summed E-state index contributed by atoms with van der Waals surface area (Å²) in [6.45, 7) is 9.02. The number of allylic oxidation sites excluding steroid dienone is 2. The number of halogens is 2. The lowest BCUT2D eigenvalue weighted by Gasteiger charge is -2.39. The molecule has 5 aromatic heterocycles. The van der Waals surface area contributed by atoms with Crippen molar-refractivity contribution in [3.8, 4) is 73.5 Å². The highest BCUT2D eigenvalue weighted by atomic mass is 19.1. The number of ketones is 2. The van der Waals surface area contributed by atoms with E-state index in [0.29, 0.717) is 152 Å². The van der Waals surface area contributed by atoms with Crippen LogP contribution in [-0.4, -0.2) is 168 Å². The van der Waals surface area contributed by atoms with Gasteiger partial charge in [-0.2, -0.15) is 10.2 Å². The Balaban J connectivity index is 0.596. The van der Waals surface area contributed by atoms with Crippen molar-refractivity contribution >= 4 is 61.4 Å². The zero-order chi connectivity index (χ0) is 71.9. The van der Waals surface area contributed by atoms with Gasteiger partial charge in [0.1, 0.15) is 34.4 Å². The lowest BCUT2D eigenvalue weighted by Crippen LogP contribution is -2.55. The average Bonchev–Trinajstić information content (AvgIpc) is 1.56. The first kappa shape index (κ1) is 68.6. The second-order valence-corrected chi connectivity index (χ2v) is 28.6. The van der Waals surface area contributed by atoms with Crippen molar-refractivity contribution in [3.63, 3.8) is 0 Å². The number of benzene rings is 5. The number of carbonyl (C=O) groups is 3. The Kier molecular flexibility index (Phi) is 19.2. The highest BCUT2D eigenvalue weighted by molar-refractivity contribution is 6.15. The SMILES string of the molecule is CCc1cccnc1-c1ccc(C2=CCCCC(C(=O)CN3CCCC(O)(C(=O)C(C)CCc4ccc5[nH]nc(-c6cc7c(c(-c8c9cnc(C%10CCN(CC(=O)N%11CCN(c%12ccc(-c%13ncc(F)cn%13)cc%12)CC%11)C%10)nc9cc9c(-c%10c#cc(OC)cc%10)n[nH]c89)c6)OCO7)c5c4)C3)CC2)c(F)c1. The molecule has 0 saturated carbocycles. The number of rotatable bonds is 20. The summed E-state index contributed by atoms with van der Waals surface area (Å²) in [5.41, 5.74) is 11.8. The summed E-state index contributed by atoms with van der Waals surface area (Å²) in [4.78, 5) is 74.1. The molecule has 0 radical (unpaired) electrons. The second kappa shape index (κ2) is 29.3. The highest BCUT2D eigenvalue weighted by Gasteiger charge is 2.43. The topological polar surface area (TPSA) is 234 Å². The predicted octanol–water partition coefficient (Wildman–Crippen LogP) is 13.4. The minimum Gasteiger partial charge on any atom is -0.489 e. The molecule has 9 heterocycles. The van der Waals surface area contributed by atoms with Gasteiger partial charge in [-0.3, -0.25) is 39.4 Å². The number of hydrogen-bond donors (Lipinski definition) is 3. The number of ether oxygens (including phenoxy) is 3. The normalized spacial score (nSPS) is 19.0. The van der Waals surface area contributed by atoms with Gasteiger partial charge in [-0.25, -0.2) is 28.7 Å². The van der Waals surface area contributed by atoms with Gasteiger partial charge < -0.3 is 29.1 Å². The van der Waals surface area contributed by atoms with Gasteiger partial charge in [0.15, 0.2) is 34.7 Å². The molecule has 1 aliphatic carbocycles. The van der Waals surface area contributed by atoms with Crippen molar-refractivity contribution in [2.45, 2.75) is 96.0 Å². The quantitative estimate of drug-likeness (QED) is 0.0643. The third kappa shape index (κ3) is 14.0. The summed E-state index contributed by atoms with van der Waals surface area (Å²) in [6, 6.07) is 39.4. The van der Waals surface area contributed by atoms with E-state index in [4.69, 9.17) is 34.4 Å². The molecule has 11 aromatic rings. The van der Waals surface area contributed by atoms with E-state index in [1.165, 1.54) is 0 Å². The van der Waals surface area contributed by atoms with Crippen molar-refractivity contribution in [1.82, 2.24) is 60.0 Å². The number of aryl methyl sites for hydroxylation is 2. The van der Waals surface area contributed by atoms with Crippen LogP contribution in [0, 0.1) is 35.6 Å². The smallest absolute Gasteiger partial charge is 0.236 e. The van der Waals surface area contributed by atoms with Crippen LogP contribution in [0.2, 0.25) is 0 Å². The number of anilines is 1. The minimum absolute atomic E-state index is 0.00361. The summed E-state index contributed by atoms with van der Waals surface area (Å²) < 4.78 is 47.4. The fourth-order valence-corrected chi connectivity index (χ4v) is 16.2. The third-order valence-corrected chi connectivity index (χ3v) is 21.9. The number of H-pyrrole nitrogens is 2. The number of β-amino-alcohol motifs (C(OH)–C–C–N with tert-alkyl or cyclic N) is 1. The Morgan fingerprint density at radius 3 is 2.41 bits per heavy atom. The standard InChI is InChI=1S/C83H81F2N13O7/c1-4-52-11-7-30-86-75(52)57-21-26-63(68(85)39-57)53-9-5-6-10-54(16-15-53)71(99)46-96-31-8-29-83(102,48-96)80(101)50(2)12-13-51-14-27-69-64(37-51)77(92-91-69)59-38-65(79-72(40-59)104-49-105-79)74-67-44-89-82(90-70(67)41-66-76(93-94-78(66)74)55-19-24-62(103-3)25-20-55)58-28-32-95(45-58)47-73(100)98-35-33-97(34-36-98)61-22-17-56(18-23-61)81-87-42-60(84)43-88-81/h7,9,11,14,17-19,21-24,26-27,30,37-44,50,54,58,102H,4-6,8,10,12-13,15-16,28-29,31-36,45-49H2,1-3H3,(H,91,92)(H,93,94). The Morgan fingerprint density at radius 1 is 0.762 bits per heavy atom. The molecule has 105 heavy (non-hydrogen) atoms. The largest absolute Gasteiger partial charge is 0.489 e. The molecule has 20 nitrogen and oxygen atoms in total. The van der Waals surface area contributed by atoms with Gasteiger partial charge in [-0.15, -0.1) is 0 Å². The predicted molar refractivity (Wildman–Crippen MR) is 397 cm³/mol. The lowest BCUT2D eigenvalue weighted by molar-refractivity contribution is -0.148. The first-order chi connectivity index (χ1) is 51.2. The molecular weight excluding hydrogens is 1330 g/mol. The van der Waals surface area contributed by atoms with E-state index in [1.807, 2.05) is 108 Å². The van der Waals surface area contributed by atoms with Gasteiger partial charge in [0, 0.05) is 125 Å². The van der Waals surface area contributed by atoms with Crippen molar-refractivity contribution in [1.29, 1.82) is 0 Å². The maximum atomic E-state index is 15.9. The molecule has 4 unspecified atom stereocenters. The number of nitrogens with one attached hydrogen (secondary N) is 2. The number of amides is 1. The van der Waals surface area contributed by atoms with Crippen LogP contribution in [0.25, 0.3) is 94.6 Å². The van der Waals surface area contributed by atoms with Gasteiger partial charge >= 0.3 is 0 Å². The first-order valence-corrected chi connectivity index (χ1v) is 36.6. The van der Waals surface area contributed by atoms with Crippen LogP contribution in [-0.2, 0) is 27.2 Å². The van der Waals surface area contributed by atoms with Gasteiger partial charge in [0.05, 0.1) is 60.4 Å². The number of piperazine rings is 1. The monoisotopic (exact) mass is 1410 g/mol. The Morgan fingerprint density at radius 2 is 1.60 bits per heavy atom. The number of methoxy groups -OCH3 is 1. The van der Waals surface area contributed by atoms with Crippen molar-refractivity contribution in [2.24, 2.45) is 11.8 Å². The lowest BCUT2D eigenvalue weighted by atomic mass is 9.80. The van der Waals surface area contributed by atoms with E-state index in [9.17, 15) is 23.9 Å². The van der Waals surface area contributed by atoms with E-state index in [-0.39, 0.29) is 55.0 Å². The average molecular weight is 1410 g/mol. The van der Waals surface area contributed by atoms with Gasteiger partial charge in [-0.05, 0) is 185 Å². The van der Waals surface area contributed by atoms with E-state index in [1.54, 1.807) is 19.4 Å². The zero-order valence-corrected chi connectivity index (χ0v) is 59.1. The number of carbonyl (C=O) groups excluding carboxylic acids is 3. The molecule has 0 spiro atoms. The molecule has 3 saturated heterocycles. The zero-order valence-electron chi connectivity index (χ0n) is 59.1. The molecule has 5 aliphatic rings. The summed E-state index contributed by atoms with van der Waals surface area (Å²) >= 11 is 0. The van der Waals surface area contributed by atoms with Gasteiger partial charge in [0.25, 0.3) is 0 Å². The van der Waals surface area contributed by atoms with Crippen LogP contribution < -0.4 is 19.1 Å². The van der Waals surface area contributed by atoms with E-state index in [2.05, 4.69) is 72.2 Å². The third-order valence-electron chi connectivity index (χ3n) is 21.9. The molecule has 22 heteroatoms. The Hall–Kier alpha value is -10.9. The maximum absolute atomic E-state index is 15.9. The number of likely N-dealkylation sites (tertiary alicyclic amines) is 2. The maximum Gasteiger partial charge on any atom is 0.236 e. The van der Waals surface area contributed by atoms with Crippen molar-refractivity contribution < 1.29 is 42.5 Å². The van der Waals surface area contributed by atoms with Gasteiger partial charge in [0.2, 0.25) is 12.7 Å². The van der Waals surface area contributed by atoms with Crippen LogP contribution in [0.4, 0.5) is 14.5 Å². The second-order valence-electron chi connectivity index (χ2n) is 28.6. The number of aromatic nitrogens is 9. The molecule has 16 rings (SSSR count). The fraction of sp³-hybridized carbons (Fsp3) is 0.349. The molecule has 4 atom stereocenters. The van der Waals surface area contributed by atoms with E-state index >= 15 is 4.39 Å². The molecule has 4 aliphatic heterocycles. The molecule has 3 fully saturated rings. The minimum atomic E-state index is -1.59. The van der Waals surface area contributed by atoms with Crippen LogP contribution >= 0.6 is 0 Å². The summed E-state index contributed by atoms with van der Waals surface area (Å²) in [5.74, 6) is 1.24. The Labute approximate surface area is 606 Å². The molecule has 534 valence electrons. The van der Waals surface area contributed by atoms with Crippen molar-refractivity contribution in [2.75, 3.05) is 84.3 Å². The van der Waals surface area contributed by atoms with E-state index < -0.39 is 17.3 Å². The molecular formula is C83H81F2N13O7. The number of aromatic amines is 2. The van der Waals surface area contributed by atoms with E-state index in [0.717, 1.165) is 123 Å². The number of piperidine rings is 1.